The van der Waals surface area contributed by atoms with Gasteiger partial charge in [-0.05, 0) is 35.7 Å². The van der Waals surface area contributed by atoms with E-state index in [1.165, 1.54) is 16.8 Å². The zero-order valence-corrected chi connectivity index (χ0v) is 9.52. The molecule has 0 spiro atoms. The molecular weight excluding hydrogens is 212 g/mol. The second-order valence-corrected chi connectivity index (χ2v) is 4.10. The second kappa shape index (κ2) is 4.45. The van der Waals surface area contributed by atoms with Gasteiger partial charge in [-0.1, -0.05) is 12.1 Å². The van der Waals surface area contributed by atoms with Gasteiger partial charge in [0.05, 0.1) is 6.20 Å². The predicted octanol–water partition coefficient (Wildman–Crippen LogP) is 2.63. The van der Waals surface area contributed by atoms with Crippen LogP contribution in [0.3, 0.4) is 0 Å². The highest BCUT2D eigenvalue weighted by atomic mass is 16.5. The third-order valence-corrected chi connectivity index (χ3v) is 2.99. The Hall–Kier alpha value is -2.03. The summed E-state index contributed by atoms with van der Waals surface area (Å²) in [6.07, 6.45) is 4.57. The summed E-state index contributed by atoms with van der Waals surface area (Å²) in [7, 11) is 0. The molecule has 1 N–H and O–H groups in total. The van der Waals surface area contributed by atoms with Gasteiger partial charge in [-0.25, -0.2) is 0 Å². The third kappa shape index (κ3) is 2.09. The number of benzene rings is 1. The molecule has 0 bridgehead atoms. The molecule has 3 nitrogen and oxygen atoms in total. The molecule has 0 fully saturated rings. The summed E-state index contributed by atoms with van der Waals surface area (Å²) in [4.78, 5) is 4.03. The number of rotatable bonds is 3. The van der Waals surface area contributed by atoms with E-state index in [0.717, 1.165) is 18.7 Å². The van der Waals surface area contributed by atoms with E-state index in [-0.39, 0.29) is 0 Å². The van der Waals surface area contributed by atoms with E-state index >= 15 is 0 Å². The number of aromatic nitrogens is 1. The average Bonchev–Trinajstić information content (AvgIpc) is 2.86. The third-order valence-electron chi connectivity index (χ3n) is 2.99. The van der Waals surface area contributed by atoms with E-state index in [9.17, 15) is 0 Å². The Labute approximate surface area is 100 Å². The van der Waals surface area contributed by atoms with E-state index in [2.05, 4.69) is 28.5 Å². The molecular formula is C14H14N2O. The zero-order chi connectivity index (χ0) is 11.5. The Morgan fingerprint density at radius 3 is 3.12 bits per heavy atom. The minimum Gasteiger partial charge on any atom is -0.487 e. The maximum atomic E-state index is 5.73. The molecule has 1 aliphatic rings. The predicted molar refractivity (Wildman–Crippen MR) is 67.2 cm³/mol. The van der Waals surface area contributed by atoms with Crippen molar-refractivity contribution in [2.24, 2.45) is 0 Å². The Kier molecular flexibility index (Phi) is 2.66. The number of nitrogens with one attached hydrogen (secondary N) is 1. The minimum absolute atomic E-state index is 0.608. The van der Waals surface area contributed by atoms with Crippen molar-refractivity contribution in [3.05, 3.63) is 53.9 Å². The molecule has 2 aromatic rings. The Balaban J connectivity index is 1.76. The lowest BCUT2D eigenvalue weighted by Gasteiger charge is -2.09. The molecule has 17 heavy (non-hydrogen) atoms. The Morgan fingerprint density at radius 2 is 2.24 bits per heavy atom. The maximum Gasteiger partial charge on any atom is 0.138 e. The quantitative estimate of drug-likeness (QED) is 0.873. The van der Waals surface area contributed by atoms with E-state index in [0.29, 0.717) is 6.61 Å². The van der Waals surface area contributed by atoms with Crippen molar-refractivity contribution in [3.63, 3.8) is 0 Å². The molecule has 0 aliphatic carbocycles. The summed E-state index contributed by atoms with van der Waals surface area (Å²) in [5, 5.41) is 3.37. The molecule has 0 unspecified atom stereocenters. The number of pyridine rings is 1. The van der Waals surface area contributed by atoms with Crippen molar-refractivity contribution >= 4 is 5.69 Å². The number of nitrogens with zero attached hydrogens (tertiary/aromatic N) is 1. The lowest BCUT2D eigenvalue weighted by molar-refractivity contribution is 0.304. The van der Waals surface area contributed by atoms with Crippen molar-refractivity contribution < 1.29 is 4.74 Å². The van der Waals surface area contributed by atoms with Crippen molar-refractivity contribution in [3.8, 4) is 5.75 Å². The lowest BCUT2D eigenvalue weighted by Crippen LogP contribution is -1.99. The number of hydrogen-bond acceptors (Lipinski definition) is 3. The smallest absolute Gasteiger partial charge is 0.138 e. The number of fused-ring (bicyclic) bond motifs is 1. The molecule has 86 valence electrons. The molecule has 2 heterocycles. The Bertz CT molecular complexity index is 511. The highest BCUT2D eigenvalue weighted by Crippen LogP contribution is 2.26. The van der Waals surface area contributed by atoms with E-state index in [1.807, 2.05) is 12.1 Å². The molecule has 1 aromatic heterocycles. The molecule has 0 saturated carbocycles. The van der Waals surface area contributed by atoms with Crippen LogP contribution in [0.2, 0.25) is 0 Å². The molecule has 0 radical (unpaired) electrons. The van der Waals surface area contributed by atoms with Crippen LogP contribution in [-0.2, 0) is 13.0 Å². The van der Waals surface area contributed by atoms with Crippen LogP contribution in [0.5, 0.6) is 5.75 Å². The van der Waals surface area contributed by atoms with E-state index in [4.69, 9.17) is 4.74 Å². The Morgan fingerprint density at radius 1 is 1.24 bits per heavy atom. The number of anilines is 1. The van der Waals surface area contributed by atoms with Crippen LogP contribution in [0, 0.1) is 0 Å². The topological polar surface area (TPSA) is 34.1 Å². The van der Waals surface area contributed by atoms with Gasteiger partial charge in [-0.2, -0.15) is 0 Å². The first kappa shape index (κ1) is 10.1. The fourth-order valence-electron chi connectivity index (χ4n) is 2.15. The van der Waals surface area contributed by atoms with Crippen LogP contribution in [0.1, 0.15) is 11.1 Å². The molecule has 0 saturated heterocycles. The minimum atomic E-state index is 0.608. The van der Waals surface area contributed by atoms with Crippen LogP contribution in [-0.4, -0.2) is 11.5 Å². The molecule has 3 heteroatoms. The van der Waals surface area contributed by atoms with Crippen molar-refractivity contribution in [2.75, 3.05) is 11.9 Å². The summed E-state index contributed by atoms with van der Waals surface area (Å²) in [6.45, 7) is 1.63. The summed E-state index contributed by atoms with van der Waals surface area (Å²) in [5.41, 5.74) is 3.89. The summed E-state index contributed by atoms with van der Waals surface area (Å²) < 4.78 is 5.73. The SMILES string of the molecule is c1cncc(OCc2cccc3c2CCN3)c1. The van der Waals surface area contributed by atoms with Gasteiger partial charge in [0.2, 0.25) is 0 Å². The first-order valence-corrected chi connectivity index (χ1v) is 5.81. The summed E-state index contributed by atoms with van der Waals surface area (Å²) in [5.74, 6) is 0.816. The van der Waals surface area contributed by atoms with Crippen LogP contribution >= 0.6 is 0 Å². The van der Waals surface area contributed by atoms with E-state index in [1.54, 1.807) is 12.4 Å². The monoisotopic (exact) mass is 226 g/mol. The van der Waals surface area contributed by atoms with Gasteiger partial charge in [-0.3, -0.25) is 4.98 Å². The molecule has 1 aromatic carbocycles. The highest BCUT2D eigenvalue weighted by Gasteiger charge is 2.13. The van der Waals surface area contributed by atoms with Gasteiger partial charge in [0.1, 0.15) is 12.4 Å². The van der Waals surface area contributed by atoms with Gasteiger partial charge in [-0.15, -0.1) is 0 Å². The van der Waals surface area contributed by atoms with Gasteiger partial charge in [0.25, 0.3) is 0 Å². The fourth-order valence-corrected chi connectivity index (χ4v) is 2.15. The normalized spacial score (nSPS) is 12.9. The van der Waals surface area contributed by atoms with Gasteiger partial charge in [0.15, 0.2) is 0 Å². The average molecular weight is 226 g/mol. The highest BCUT2D eigenvalue weighted by molar-refractivity contribution is 5.58. The van der Waals surface area contributed by atoms with Crippen LogP contribution in [0.4, 0.5) is 5.69 Å². The zero-order valence-electron chi connectivity index (χ0n) is 9.52. The number of ether oxygens (including phenoxy) is 1. The molecule has 0 atom stereocenters. The van der Waals surface area contributed by atoms with Crippen LogP contribution < -0.4 is 10.1 Å². The van der Waals surface area contributed by atoms with Gasteiger partial charge in [0, 0.05) is 18.4 Å². The number of hydrogen-bond donors (Lipinski definition) is 1. The largest absolute Gasteiger partial charge is 0.487 e. The first-order chi connectivity index (χ1) is 8.43. The van der Waals surface area contributed by atoms with Crippen molar-refractivity contribution in [1.29, 1.82) is 0 Å². The molecule has 3 rings (SSSR count). The summed E-state index contributed by atoms with van der Waals surface area (Å²) in [6, 6.07) is 10.1. The van der Waals surface area contributed by atoms with Gasteiger partial charge < -0.3 is 10.1 Å². The van der Waals surface area contributed by atoms with E-state index < -0.39 is 0 Å². The van der Waals surface area contributed by atoms with Crippen LogP contribution in [0.25, 0.3) is 0 Å². The van der Waals surface area contributed by atoms with Crippen LogP contribution in [0.15, 0.2) is 42.7 Å². The first-order valence-electron chi connectivity index (χ1n) is 5.81. The van der Waals surface area contributed by atoms with Crippen molar-refractivity contribution in [2.45, 2.75) is 13.0 Å². The van der Waals surface area contributed by atoms with Crippen molar-refractivity contribution in [1.82, 2.24) is 4.98 Å². The molecule has 0 amide bonds. The summed E-state index contributed by atoms with van der Waals surface area (Å²) >= 11 is 0. The maximum absolute atomic E-state index is 5.73. The molecule has 1 aliphatic heterocycles. The van der Waals surface area contributed by atoms with Gasteiger partial charge >= 0.3 is 0 Å². The fraction of sp³-hybridized carbons (Fsp3) is 0.214. The second-order valence-electron chi connectivity index (χ2n) is 4.10. The lowest BCUT2D eigenvalue weighted by atomic mass is 10.1. The standard InChI is InChI=1S/C14H14N2O/c1-3-11(13-6-8-16-14(13)5-1)10-17-12-4-2-7-15-9-12/h1-5,7,9,16H,6,8,10H2.